The Morgan fingerprint density at radius 3 is 2.72 bits per heavy atom. The molecule has 138 valence electrons. The highest BCUT2D eigenvalue weighted by Gasteiger charge is 2.34. The fraction of sp³-hybridized carbons (Fsp3) is 0.722. The van der Waals surface area contributed by atoms with Crippen molar-refractivity contribution in [3.8, 4) is 0 Å². The number of H-pyrrole nitrogens is 1. The summed E-state index contributed by atoms with van der Waals surface area (Å²) in [4.78, 5) is 36.4. The van der Waals surface area contributed by atoms with Crippen LogP contribution in [-0.2, 0) is 16.0 Å². The van der Waals surface area contributed by atoms with Crippen molar-refractivity contribution in [2.24, 2.45) is 5.92 Å². The fourth-order valence-electron chi connectivity index (χ4n) is 3.86. The molecule has 0 aliphatic carbocycles. The maximum Gasteiger partial charge on any atom is 0.243 e. The van der Waals surface area contributed by atoms with Gasteiger partial charge >= 0.3 is 0 Å². The third kappa shape index (κ3) is 4.39. The predicted molar refractivity (Wildman–Crippen MR) is 94.9 cm³/mol. The Morgan fingerprint density at radius 1 is 1.32 bits per heavy atom. The number of imidazole rings is 1. The van der Waals surface area contributed by atoms with Gasteiger partial charge < -0.3 is 20.1 Å². The Balaban J connectivity index is 1.58. The molecule has 2 aliphatic rings. The summed E-state index contributed by atoms with van der Waals surface area (Å²) in [5, 5.41) is 2.88. The minimum Gasteiger partial charge on any atom is -0.353 e. The van der Waals surface area contributed by atoms with Gasteiger partial charge in [-0.1, -0.05) is 0 Å². The standard InChI is InChI=1S/C18H29N5O2/c1-13(2)22-6-3-14(4-7-22)9-17(24)23-8-5-20-18(25)16(23)10-15-11-19-12-21-15/h11-14,16H,3-10H2,1-2H3,(H,19,21)(H,20,25)/t16-/m0/s1. The third-order valence-electron chi connectivity index (χ3n) is 5.46. The maximum absolute atomic E-state index is 12.9. The van der Waals surface area contributed by atoms with Crippen molar-refractivity contribution in [2.75, 3.05) is 26.2 Å². The van der Waals surface area contributed by atoms with Gasteiger partial charge in [0.25, 0.3) is 0 Å². The monoisotopic (exact) mass is 347 g/mol. The summed E-state index contributed by atoms with van der Waals surface area (Å²) in [6, 6.07) is 0.138. The van der Waals surface area contributed by atoms with Gasteiger partial charge in [-0.2, -0.15) is 0 Å². The molecule has 2 amide bonds. The molecule has 0 radical (unpaired) electrons. The molecule has 2 N–H and O–H groups in total. The fourth-order valence-corrected chi connectivity index (χ4v) is 3.86. The number of rotatable bonds is 5. The van der Waals surface area contributed by atoms with Crippen LogP contribution >= 0.6 is 0 Å². The van der Waals surface area contributed by atoms with Crippen LogP contribution < -0.4 is 5.32 Å². The molecular formula is C18H29N5O2. The van der Waals surface area contributed by atoms with E-state index >= 15 is 0 Å². The Kier molecular flexibility index (Phi) is 5.73. The predicted octanol–water partition coefficient (Wildman–Crippen LogP) is 0.790. The number of aromatic nitrogens is 2. The number of likely N-dealkylation sites (tertiary alicyclic amines) is 1. The highest BCUT2D eigenvalue weighted by atomic mass is 16.2. The summed E-state index contributed by atoms with van der Waals surface area (Å²) >= 11 is 0. The van der Waals surface area contributed by atoms with E-state index < -0.39 is 6.04 Å². The minimum atomic E-state index is -0.433. The molecule has 3 heterocycles. The first-order valence-corrected chi connectivity index (χ1v) is 9.33. The van der Waals surface area contributed by atoms with Gasteiger partial charge in [0.15, 0.2) is 0 Å². The molecule has 7 nitrogen and oxygen atoms in total. The Morgan fingerprint density at radius 2 is 2.08 bits per heavy atom. The first-order chi connectivity index (χ1) is 12.0. The first kappa shape index (κ1) is 17.9. The van der Waals surface area contributed by atoms with E-state index in [1.54, 1.807) is 17.4 Å². The number of carbonyl (C=O) groups excluding carboxylic acids is 2. The van der Waals surface area contributed by atoms with Crippen molar-refractivity contribution in [2.45, 2.75) is 51.6 Å². The lowest BCUT2D eigenvalue weighted by Crippen LogP contribution is -2.58. The Hall–Kier alpha value is -1.89. The van der Waals surface area contributed by atoms with Gasteiger partial charge in [0, 0.05) is 43.9 Å². The second kappa shape index (κ2) is 7.99. The highest BCUT2D eigenvalue weighted by Crippen LogP contribution is 2.24. The third-order valence-corrected chi connectivity index (χ3v) is 5.46. The second-order valence-corrected chi connectivity index (χ2v) is 7.45. The summed E-state index contributed by atoms with van der Waals surface area (Å²) in [5.41, 5.74) is 0.880. The number of hydrogen-bond acceptors (Lipinski definition) is 4. The van der Waals surface area contributed by atoms with Gasteiger partial charge in [-0.05, 0) is 45.7 Å². The lowest BCUT2D eigenvalue weighted by Gasteiger charge is -2.38. The summed E-state index contributed by atoms with van der Waals surface area (Å²) in [5.74, 6) is 0.478. The summed E-state index contributed by atoms with van der Waals surface area (Å²) in [6.07, 6.45) is 6.49. The number of aromatic amines is 1. The largest absolute Gasteiger partial charge is 0.353 e. The average molecular weight is 347 g/mol. The van der Waals surface area contributed by atoms with Crippen molar-refractivity contribution >= 4 is 11.8 Å². The van der Waals surface area contributed by atoms with Gasteiger partial charge in [0.05, 0.1) is 6.33 Å². The molecule has 1 aromatic rings. The van der Waals surface area contributed by atoms with Gasteiger partial charge in [-0.25, -0.2) is 4.98 Å². The number of piperazine rings is 1. The lowest BCUT2D eigenvalue weighted by molar-refractivity contribution is -0.144. The molecular weight excluding hydrogens is 318 g/mol. The second-order valence-electron chi connectivity index (χ2n) is 7.45. The van der Waals surface area contributed by atoms with Crippen molar-refractivity contribution < 1.29 is 9.59 Å². The van der Waals surface area contributed by atoms with E-state index in [4.69, 9.17) is 0 Å². The van der Waals surface area contributed by atoms with Crippen molar-refractivity contribution in [3.63, 3.8) is 0 Å². The molecule has 1 atom stereocenters. The van der Waals surface area contributed by atoms with Crippen LogP contribution in [0.4, 0.5) is 0 Å². The molecule has 2 saturated heterocycles. The normalized spacial score (nSPS) is 23.1. The van der Waals surface area contributed by atoms with E-state index in [-0.39, 0.29) is 11.8 Å². The van der Waals surface area contributed by atoms with E-state index in [1.165, 1.54) is 0 Å². The van der Waals surface area contributed by atoms with Crippen LogP contribution in [0, 0.1) is 5.92 Å². The van der Waals surface area contributed by atoms with E-state index in [1.807, 2.05) is 0 Å². The van der Waals surface area contributed by atoms with Gasteiger partial charge in [0.2, 0.25) is 11.8 Å². The molecule has 0 aromatic carbocycles. The molecule has 1 aromatic heterocycles. The maximum atomic E-state index is 12.9. The van der Waals surface area contributed by atoms with Crippen LogP contribution in [-0.4, -0.2) is 69.8 Å². The van der Waals surface area contributed by atoms with E-state index in [9.17, 15) is 9.59 Å². The minimum absolute atomic E-state index is 0.0659. The Labute approximate surface area is 149 Å². The quantitative estimate of drug-likeness (QED) is 0.825. The first-order valence-electron chi connectivity index (χ1n) is 9.33. The Bertz CT molecular complexity index is 578. The molecule has 0 saturated carbocycles. The molecule has 7 heteroatoms. The highest BCUT2D eigenvalue weighted by molar-refractivity contribution is 5.89. The summed E-state index contributed by atoms with van der Waals surface area (Å²) < 4.78 is 0. The smallest absolute Gasteiger partial charge is 0.243 e. The molecule has 3 rings (SSSR count). The van der Waals surface area contributed by atoms with Crippen LogP contribution in [0.3, 0.4) is 0 Å². The van der Waals surface area contributed by atoms with Crippen LogP contribution in [0.2, 0.25) is 0 Å². The van der Waals surface area contributed by atoms with E-state index in [0.29, 0.717) is 37.9 Å². The number of amides is 2. The molecule has 0 unspecified atom stereocenters. The van der Waals surface area contributed by atoms with Crippen molar-refractivity contribution in [3.05, 3.63) is 18.2 Å². The number of piperidine rings is 1. The SMILES string of the molecule is CC(C)N1CCC(CC(=O)N2CCNC(=O)[C@@H]2Cc2cnc[nH]2)CC1. The van der Waals surface area contributed by atoms with Gasteiger partial charge in [0.1, 0.15) is 6.04 Å². The van der Waals surface area contributed by atoms with Crippen molar-refractivity contribution in [1.29, 1.82) is 0 Å². The molecule has 2 aliphatic heterocycles. The number of nitrogens with one attached hydrogen (secondary N) is 2. The van der Waals surface area contributed by atoms with E-state index in [2.05, 4.69) is 34.0 Å². The number of nitrogens with zero attached hydrogens (tertiary/aromatic N) is 3. The van der Waals surface area contributed by atoms with Crippen LogP contribution in [0.25, 0.3) is 0 Å². The molecule has 0 spiro atoms. The zero-order valence-electron chi connectivity index (χ0n) is 15.2. The lowest BCUT2D eigenvalue weighted by atomic mass is 9.91. The zero-order chi connectivity index (χ0) is 17.8. The number of hydrogen-bond donors (Lipinski definition) is 2. The average Bonchev–Trinajstić information content (AvgIpc) is 3.10. The zero-order valence-corrected chi connectivity index (χ0v) is 15.2. The molecule has 2 fully saturated rings. The molecule has 25 heavy (non-hydrogen) atoms. The molecule has 0 bridgehead atoms. The van der Waals surface area contributed by atoms with Gasteiger partial charge in [-0.15, -0.1) is 0 Å². The van der Waals surface area contributed by atoms with Crippen LogP contribution in [0.15, 0.2) is 12.5 Å². The number of carbonyl (C=O) groups is 2. The van der Waals surface area contributed by atoms with Gasteiger partial charge in [-0.3, -0.25) is 9.59 Å². The van der Waals surface area contributed by atoms with Crippen molar-refractivity contribution in [1.82, 2.24) is 25.1 Å². The summed E-state index contributed by atoms with van der Waals surface area (Å²) in [6.45, 7) is 7.70. The van der Waals surface area contributed by atoms with E-state index in [0.717, 1.165) is 31.6 Å². The van der Waals surface area contributed by atoms with Crippen LogP contribution in [0.5, 0.6) is 0 Å². The topological polar surface area (TPSA) is 81.3 Å². The van der Waals surface area contributed by atoms with Crippen LogP contribution in [0.1, 0.15) is 38.8 Å². The summed E-state index contributed by atoms with van der Waals surface area (Å²) in [7, 11) is 0.